The van der Waals surface area contributed by atoms with Crippen molar-refractivity contribution in [3.05, 3.63) is 64.2 Å². The van der Waals surface area contributed by atoms with Gasteiger partial charge in [0.05, 0.1) is 5.56 Å². The van der Waals surface area contributed by atoms with Crippen molar-refractivity contribution in [2.45, 2.75) is 45.7 Å². The van der Waals surface area contributed by atoms with Crippen LogP contribution in [0.2, 0.25) is 0 Å². The Bertz CT molecular complexity index is 985. The van der Waals surface area contributed by atoms with Crippen LogP contribution in [0, 0.1) is 13.8 Å². The molecule has 2 aromatic rings. The zero-order chi connectivity index (χ0) is 25.0. The van der Waals surface area contributed by atoms with E-state index in [1.807, 2.05) is 26.0 Å². The van der Waals surface area contributed by atoms with Crippen LogP contribution in [0.4, 0.5) is 13.2 Å². The summed E-state index contributed by atoms with van der Waals surface area (Å²) in [5.74, 6) is 0.413. The molecule has 1 amide bonds. The fourth-order valence-corrected chi connectivity index (χ4v) is 3.93. The molecular formula is C25H32F3N3O3. The predicted molar refractivity (Wildman–Crippen MR) is 124 cm³/mol. The monoisotopic (exact) mass is 479 g/mol. The van der Waals surface area contributed by atoms with Crippen LogP contribution in [0.15, 0.2) is 36.4 Å². The van der Waals surface area contributed by atoms with E-state index in [0.29, 0.717) is 31.9 Å². The maximum atomic E-state index is 12.7. The number of carbonyl (C=O) groups excluding carboxylic acids is 1. The first-order valence-electron chi connectivity index (χ1n) is 11.4. The van der Waals surface area contributed by atoms with E-state index in [4.69, 9.17) is 10.5 Å². The summed E-state index contributed by atoms with van der Waals surface area (Å²) in [7, 11) is 0. The number of halogens is 3. The van der Waals surface area contributed by atoms with Crippen molar-refractivity contribution in [3.63, 3.8) is 0 Å². The first-order chi connectivity index (χ1) is 16.0. The fraction of sp³-hybridized carbons (Fsp3) is 0.480. The van der Waals surface area contributed by atoms with E-state index in [-0.39, 0.29) is 11.5 Å². The zero-order valence-corrected chi connectivity index (χ0v) is 19.7. The van der Waals surface area contributed by atoms with Crippen LogP contribution >= 0.6 is 0 Å². The highest BCUT2D eigenvalue weighted by Crippen LogP contribution is 2.29. The van der Waals surface area contributed by atoms with Crippen LogP contribution in [-0.2, 0) is 12.6 Å². The van der Waals surface area contributed by atoms with Gasteiger partial charge in [-0.15, -0.1) is 0 Å². The number of benzene rings is 2. The number of piperazine rings is 1. The van der Waals surface area contributed by atoms with Gasteiger partial charge in [-0.05, 0) is 74.2 Å². The number of carbonyl (C=O) groups is 1. The maximum absolute atomic E-state index is 12.7. The van der Waals surface area contributed by atoms with Crippen molar-refractivity contribution < 1.29 is 27.8 Å². The van der Waals surface area contributed by atoms with E-state index in [2.05, 4.69) is 4.90 Å². The van der Waals surface area contributed by atoms with Gasteiger partial charge in [-0.1, -0.05) is 6.07 Å². The molecule has 1 saturated heterocycles. The molecule has 0 aliphatic carbocycles. The van der Waals surface area contributed by atoms with Crippen molar-refractivity contribution in [1.82, 2.24) is 9.80 Å². The summed E-state index contributed by atoms with van der Waals surface area (Å²) in [4.78, 5) is 16.6. The smallest absolute Gasteiger partial charge is 0.416 e. The molecule has 34 heavy (non-hydrogen) atoms. The number of ether oxygens (including phenoxy) is 1. The molecule has 0 saturated carbocycles. The lowest BCUT2D eigenvalue weighted by molar-refractivity contribution is -0.137. The van der Waals surface area contributed by atoms with Crippen LogP contribution in [0.3, 0.4) is 0 Å². The van der Waals surface area contributed by atoms with Crippen molar-refractivity contribution in [1.29, 1.82) is 0 Å². The summed E-state index contributed by atoms with van der Waals surface area (Å²) in [6, 6.07) is 8.26. The minimum absolute atomic E-state index is 0.245. The second kappa shape index (κ2) is 10.8. The molecule has 1 fully saturated rings. The second-order valence-electron chi connectivity index (χ2n) is 8.75. The highest BCUT2D eigenvalue weighted by atomic mass is 19.4. The molecule has 186 valence electrons. The third-order valence-electron chi connectivity index (χ3n) is 6.40. The number of aliphatic hydroxyl groups excluding tert-OH is 1. The van der Waals surface area contributed by atoms with E-state index in [9.17, 15) is 23.1 Å². The Morgan fingerprint density at radius 2 is 1.68 bits per heavy atom. The third-order valence-corrected chi connectivity index (χ3v) is 6.40. The van der Waals surface area contributed by atoms with Crippen molar-refractivity contribution in [3.8, 4) is 5.75 Å². The van der Waals surface area contributed by atoms with Gasteiger partial charge in [0.15, 0.2) is 6.23 Å². The number of aliphatic hydroxyl groups is 1. The Labute approximate surface area is 198 Å². The molecule has 1 heterocycles. The molecule has 0 bridgehead atoms. The molecule has 9 heteroatoms. The molecule has 0 spiro atoms. The molecular weight excluding hydrogens is 447 g/mol. The van der Waals surface area contributed by atoms with Gasteiger partial charge >= 0.3 is 6.18 Å². The Hall–Kier alpha value is -2.62. The minimum Gasteiger partial charge on any atom is -0.473 e. The van der Waals surface area contributed by atoms with Crippen LogP contribution in [0.25, 0.3) is 0 Å². The molecule has 0 aromatic heterocycles. The van der Waals surface area contributed by atoms with E-state index < -0.39 is 24.1 Å². The van der Waals surface area contributed by atoms with Gasteiger partial charge < -0.3 is 14.7 Å². The first-order valence-corrected chi connectivity index (χ1v) is 11.4. The van der Waals surface area contributed by atoms with E-state index in [1.54, 1.807) is 11.8 Å². The highest BCUT2D eigenvalue weighted by Gasteiger charge is 2.30. The average Bonchev–Trinajstić information content (AvgIpc) is 2.81. The fourth-order valence-electron chi connectivity index (χ4n) is 3.93. The van der Waals surface area contributed by atoms with Gasteiger partial charge in [-0.3, -0.25) is 15.4 Å². The van der Waals surface area contributed by atoms with Crippen LogP contribution in [0.5, 0.6) is 5.75 Å². The quantitative estimate of drug-likeness (QED) is 0.596. The summed E-state index contributed by atoms with van der Waals surface area (Å²) in [5.41, 5.74) is 8.61. The summed E-state index contributed by atoms with van der Waals surface area (Å²) in [5, 5.41) is 9.56. The number of hydrogen-bond donors (Lipinski definition) is 2. The van der Waals surface area contributed by atoms with Crippen LogP contribution < -0.4 is 10.5 Å². The Kier molecular flexibility index (Phi) is 8.22. The van der Waals surface area contributed by atoms with Crippen LogP contribution in [0.1, 0.15) is 39.5 Å². The number of alkyl halides is 3. The number of rotatable bonds is 7. The molecule has 3 rings (SSSR count). The lowest BCUT2D eigenvalue weighted by atomic mass is 9.99. The van der Waals surface area contributed by atoms with E-state index >= 15 is 0 Å². The summed E-state index contributed by atoms with van der Waals surface area (Å²) in [6.45, 7) is 8.88. The molecule has 1 unspecified atom stereocenters. The topological polar surface area (TPSA) is 79.0 Å². The largest absolute Gasteiger partial charge is 0.473 e. The standard InChI is InChI=1S/C25H32F3N3O3/c1-16-17(2)22(34-23(29)18(3)32)9-6-19(16)10-11-30-12-14-31(15-13-30)24(33)20-4-7-21(8-5-20)25(26,27)28/h4-9,18,23,32H,10-15,29H2,1-3H3/t18-,23?/m1/s1. The molecule has 1 aliphatic rings. The molecule has 2 aromatic carbocycles. The minimum atomic E-state index is -4.41. The highest BCUT2D eigenvalue weighted by molar-refractivity contribution is 5.94. The SMILES string of the molecule is Cc1c(CCN2CCN(C(=O)c3ccc(C(F)(F)F)cc3)CC2)ccc(OC(N)[C@@H](C)O)c1C. The number of nitrogens with two attached hydrogens (primary N) is 1. The normalized spacial score (nSPS) is 16.9. The second-order valence-corrected chi connectivity index (χ2v) is 8.75. The third kappa shape index (κ3) is 6.28. The number of nitrogens with zero attached hydrogens (tertiary/aromatic N) is 2. The molecule has 6 nitrogen and oxygen atoms in total. The predicted octanol–water partition coefficient (Wildman–Crippen LogP) is 3.37. The number of hydrogen-bond acceptors (Lipinski definition) is 5. The lowest BCUT2D eigenvalue weighted by Gasteiger charge is -2.35. The Morgan fingerprint density at radius 3 is 2.24 bits per heavy atom. The van der Waals surface area contributed by atoms with Gasteiger partial charge in [0, 0.05) is 38.3 Å². The summed E-state index contributed by atoms with van der Waals surface area (Å²) in [6.07, 6.45) is -5.14. The van der Waals surface area contributed by atoms with Gasteiger partial charge in [-0.25, -0.2) is 0 Å². The Balaban J connectivity index is 1.52. The van der Waals surface area contributed by atoms with Crippen molar-refractivity contribution in [2.75, 3.05) is 32.7 Å². The Morgan fingerprint density at radius 1 is 1.06 bits per heavy atom. The van der Waals surface area contributed by atoms with E-state index in [0.717, 1.165) is 36.2 Å². The molecule has 1 aliphatic heterocycles. The van der Waals surface area contributed by atoms with E-state index in [1.165, 1.54) is 17.7 Å². The number of amides is 1. The lowest BCUT2D eigenvalue weighted by Crippen LogP contribution is -2.49. The van der Waals surface area contributed by atoms with Gasteiger partial charge in [-0.2, -0.15) is 13.2 Å². The van der Waals surface area contributed by atoms with Gasteiger partial charge in [0.25, 0.3) is 5.91 Å². The maximum Gasteiger partial charge on any atom is 0.416 e. The van der Waals surface area contributed by atoms with Crippen LogP contribution in [-0.4, -0.2) is 65.9 Å². The van der Waals surface area contributed by atoms with Crippen molar-refractivity contribution >= 4 is 5.91 Å². The average molecular weight is 480 g/mol. The van der Waals surface area contributed by atoms with Gasteiger partial charge in [0.2, 0.25) is 0 Å². The summed E-state index contributed by atoms with van der Waals surface area (Å²) < 4.78 is 43.9. The summed E-state index contributed by atoms with van der Waals surface area (Å²) >= 11 is 0. The van der Waals surface area contributed by atoms with Crippen molar-refractivity contribution in [2.24, 2.45) is 5.73 Å². The first kappa shape index (κ1) is 26.0. The molecule has 0 radical (unpaired) electrons. The molecule has 3 N–H and O–H groups in total. The molecule has 2 atom stereocenters. The van der Waals surface area contributed by atoms with Gasteiger partial charge in [0.1, 0.15) is 11.9 Å². The zero-order valence-electron chi connectivity index (χ0n) is 19.7.